The average Bonchev–Trinajstić information content (AvgIpc) is 3.31. The van der Waals surface area contributed by atoms with Crippen LogP contribution in [0.4, 0.5) is 10.5 Å². The standard InChI is InChI=1S/C20H19N3O4/c1-26-16-6-5-14-10-18(22-17(14)11-16)19(24)21-12-13-3-2-4-15(9-13)23-7-8-27-20(23)25/h2-6,9-11,22H,7-8,12H2,1H3,(H,21,24). The molecular formula is C20H19N3O4. The smallest absolute Gasteiger partial charge is 0.414 e. The van der Waals surface area contributed by atoms with Gasteiger partial charge in [0.05, 0.1) is 13.7 Å². The maximum atomic E-state index is 12.5. The van der Waals surface area contributed by atoms with E-state index in [9.17, 15) is 9.59 Å². The molecule has 1 saturated heterocycles. The highest BCUT2D eigenvalue weighted by Gasteiger charge is 2.23. The van der Waals surface area contributed by atoms with E-state index >= 15 is 0 Å². The second kappa shape index (κ2) is 7.03. The number of cyclic esters (lactones) is 1. The van der Waals surface area contributed by atoms with Crippen molar-refractivity contribution in [3.05, 3.63) is 59.8 Å². The highest BCUT2D eigenvalue weighted by atomic mass is 16.6. The molecule has 1 aromatic heterocycles. The third-order valence-electron chi connectivity index (χ3n) is 4.51. The number of nitrogens with one attached hydrogen (secondary N) is 2. The van der Waals surface area contributed by atoms with Gasteiger partial charge in [-0.3, -0.25) is 9.69 Å². The number of benzene rings is 2. The second-order valence-corrected chi connectivity index (χ2v) is 6.25. The molecule has 2 amide bonds. The lowest BCUT2D eigenvalue weighted by molar-refractivity contribution is 0.0946. The second-order valence-electron chi connectivity index (χ2n) is 6.25. The Balaban J connectivity index is 1.45. The quantitative estimate of drug-likeness (QED) is 0.728. The number of amides is 2. The summed E-state index contributed by atoms with van der Waals surface area (Å²) in [5.41, 5.74) is 2.99. The summed E-state index contributed by atoms with van der Waals surface area (Å²) in [6.45, 7) is 1.28. The number of hydrogen-bond acceptors (Lipinski definition) is 4. The topological polar surface area (TPSA) is 83.7 Å². The Morgan fingerprint density at radius 3 is 2.93 bits per heavy atom. The third-order valence-corrected chi connectivity index (χ3v) is 4.51. The highest BCUT2D eigenvalue weighted by Crippen LogP contribution is 2.22. The van der Waals surface area contributed by atoms with Gasteiger partial charge in [0, 0.05) is 29.2 Å². The molecule has 0 radical (unpaired) electrons. The van der Waals surface area contributed by atoms with Crippen molar-refractivity contribution in [3.8, 4) is 5.75 Å². The molecule has 7 nitrogen and oxygen atoms in total. The molecule has 2 aromatic carbocycles. The van der Waals surface area contributed by atoms with Gasteiger partial charge in [0.15, 0.2) is 0 Å². The number of aromatic amines is 1. The monoisotopic (exact) mass is 365 g/mol. The Morgan fingerprint density at radius 1 is 1.26 bits per heavy atom. The number of nitrogens with zero attached hydrogens (tertiary/aromatic N) is 1. The SMILES string of the molecule is COc1ccc2cc(C(=O)NCc3cccc(N4CCOC4=O)c3)[nH]c2c1. The zero-order valence-corrected chi connectivity index (χ0v) is 14.8. The number of aromatic nitrogens is 1. The van der Waals surface area contributed by atoms with E-state index in [1.165, 1.54) is 0 Å². The van der Waals surface area contributed by atoms with E-state index in [1.54, 1.807) is 18.1 Å². The molecule has 0 unspecified atom stereocenters. The van der Waals surface area contributed by atoms with Gasteiger partial charge in [0.1, 0.15) is 18.1 Å². The molecule has 1 fully saturated rings. The van der Waals surface area contributed by atoms with Gasteiger partial charge in [0.25, 0.3) is 5.91 Å². The summed E-state index contributed by atoms with van der Waals surface area (Å²) in [6.07, 6.45) is -0.343. The number of carbonyl (C=O) groups is 2. The van der Waals surface area contributed by atoms with E-state index in [1.807, 2.05) is 42.5 Å². The Bertz CT molecular complexity index is 1010. The van der Waals surface area contributed by atoms with Crippen LogP contribution in [0.2, 0.25) is 0 Å². The molecule has 138 valence electrons. The summed E-state index contributed by atoms with van der Waals surface area (Å²) in [4.78, 5) is 28.9. The zero-order chi connectivity index (χ0) is 18.8. The summed E-state index contributed by atoms with van der Waals surface area (Å²) in [5.74, 6) is 0.532. The number of ether oxygens (including phenoxy) is 2. The number of carbonyl (C=O) groups excluding carboxylic acids is 2. The summed E-state index contributed by atoms with van der Waals surface area (Å²) < 4.78 is 10.2. The lowest BCUT2D eigenvalue weighted by Gasteiger charge is -2.14. The van der Waals surface area contributed by atoms with Gasteiger partial charge in [-0.1, -0.05) is 12.1 Å². The van der Waals surface area contributed by atoms with Gasteiger partial charge < -0.3 is 19.8 Å². The number of anilines is 1. The minimum Gasteiger partial charge on any atom is -0.497 e. The summed E-state index contributed by atoms with van der Waals surface area (Å²) in [5, 5.41) is 3.84. The van der Waals surface area contributed by atoms with Gasteiger partial charge in [-0.15, -0.1) is 0 Å². The van der Waals surface area contributed by atoms with E-state index in [-0.39, 0.29) is 12.0 Å². The van der Waals surface area contributed by atoms with E-state index in [4.69, 9.17) is 9.47 Å². The number of fused-ring (bicyclic) bond motifs is 1. The van der Waals surface area contributed by atoms with E-state index in [0.29, 0.717) is 25.4 Å². The van der Waals surface area contributed by atoms with E-state index in [2.05, 4.69) is 10.3 Å². The predicted octanol–water partition coefficient (Wildman–Crippen LogP) is 3.06. The molecule has 0 saturated carbocycles. The molecule has 27 heavy (non-hydrogen) atoms. The van der Waals surface area contributed by atoms with Gasteiger partial charge >= 0.3 is 6.09 Å². The maximum absolute atomic E-state index is 12.5. The molecule has 7 heteroatoms. The fraction of sp³-hybridized carbons (Fsp3) is 0.200. The molecule has 0 bridgehead atoms. The van der Waals surface area contributed by atoms with E-state index in [0.717, 1.165) is 27.9 Å². The van der Waals surface area contributed by atoms with Crippen LogP contribution >= 0.6 is 0 Å². The fourth-order valence-electron chi connectivity index (χ4n) is 3.10. The lowest BCUT2D eigenvalue weighted by Crippen LogP contribution is -2.25. The number of rotatable bonds is 5. The Kier molecular flexibility index (Phi) is 4.42. The molecular weight excluding hydrogens is 346 g/mol. The van der Waals surface area contributed by atoms with E-state index < -0.39 is 0 Å². The van der Waals surface area contributed by atoms with Crippen LogP contribution in [0.15, 0.2) is 48.5 Å². The van der Waals surface area contributed by atoms with Crippen molar-refractivity contribution in [1.29, 1.82) is 0 Å². The maximum Gasteiger partial charge on any atom is 0.414 e. The first-order valence-electron chi connectivity index (χ1n) is 8.62. The van der Waals surface area contributed by atoms with Gasteiger partial charge in [0.2, 0.25) is 0 Å². The van der Waals surface area contributed by atoms with Crippen molar-refractivity contribution in [2.45, 2.75) is 6.54 Å². The Morgan fingerprint density at radius 2 is 2.15 bits per heavy atom. The van der Waals surface area contributed by atoms with Crippen LogP contribution in [0, 0.1) is 0 Å². The van der Waals surface area contributed by atoms with Crippen LogP contribution in [0.3, 0.4) is 0 Å². The minimum absolute atomic E-state index is 0.198. The number of methoxy groups -OCH3 is 1. The van der Waals surface area contributed by atoms with Crippen LogP contribution in [-0.2, 0) is 11.3 Å². The van der Waals surface area contributed by atoms with Gasteiger partial charge in [-0.05, 0) is 35.9 Å². The zero-order valence-electron chi connectivity index (χ0n) is 14.8. The molecule has 1 aliphatic rings. The third kappa shape index (κ3) is 3.44. The summed E-state index contributed by atoms with van der Waals surface area (Å²) in [7, 11) is 1.60. The molecule has 2 N–H and O–H groups in total. The molecule has 0 atom stereocenters. The van der Waals surface area contributed by atoms with Crippen molar-refractivity contribution in [3.63, 3.8) is 0 Å². The highest BCUT2D eigenvalue weighted by molar-refractivity contribution is 5.98. The number of hydrogen-bond donors (Lipinski definition) is 2. The van der Waals surface area contributed by atoms with Crippen LogP contribution in [0.1, 0.15) is 16.1 Å². The normalized spacial score (nSPS) is 13.7. The molecule has 0 spiro atoms. The average molecular weight is 365 g/mol. The van der Waals surface area contributed by atoms with Crippen LogP contribution < -0.4 is 15.0 Å². The van der Waals surface area contributed by atoms with Gasteiger partial charge in [-0.25, -0.2) is 4.79 Å². The molecule has 4 rings (SSSR count). The first-order chi connectivity index (χ1) is 13.1. The minimum atomic E-state index is -0.343. The van der Waals surface area contributed by atoms with Crippen molar-refractivity contribution in [1.82, 2.24) is 10.3 Å². The Labute approximate surface area is 155 Å². The summed E-state index contributed by atoms with van der Waals surface area (Å²) in [6, 6.07) is 14.9. The van der Waals surface area contributed by atoms with Crippen molar-refractivity contribution in [2.75, 3.05) is 25.2 Å². The van der Waals surface area contributed by atoms with Crippen LogP contribution in [-0.4, -0.2) is 37.2 Å². The summed E-state index contributed by atoms with van der Waals surface area (Å²) >= 11 is 0. The lowest BCUT2D eigenvalue weighted by atomic mass is 10.2. The largest absolute Gasteiger partial charge is 0.497 e. The first-order valence-corrected chi connectivity index (χ1v) is 8.62. The van der Waals surface area contributed by atoms with Crippen LogP contribution in [0.25, 0.3) is 10.9 Å². The Hall–Kier alpha value is -3.48. The molecule has 1 aliphatic heterocycles. The molecule has 0 aliphatic carbocycles. The fourth-order valence-corrected chi connectivity index (χ4v) is 3.10. The number of H-pyrrole nitrogens is 1. The molecule has 2 heterocycles. The van der Waals surface area contributed by atoms with Crippen molar-refractivity contribution >= 4 is 28.6 Å². The predicted molar refractivity (Wildman–Crippen MR) is 101 cm³/mol. The van der Waals surface area contributed by atoms with Gasteiger partial charge in [-0.2, -0.15) is 0 Å². The van der Waals surface area contributed by atoms with Crippen molar-refractivity contribution in [2.24, 2.45) is 0 Å². The molecule has 3 aromatic rings. The first kappa shape index (κ1) is 17.0. The van der Waals surface area contributed by atoms with Crippen molar-refractivity contribution < 1.29 is 19.1 Å². The van der Waals surface area contributed by atoms with Crippen LogP contribution in [0.5, 0.6) is 5.75 Å².